The Hall–Kier alpha value is -4.68. The molecule has 0 saturated heterocycles. The number of benzene rings is 4. The second kappa shape index (κ2) is 16.4. The van der Waals surface area contributed by atoms with E-state index in [1.54, 1.807) is 30.3 Å². The number of hydrogen-bond donors (Lipinski definition) is 2. The summed E-state index contributed by atoms with van der Waals surface area (Å²) >= 11 is 6.79. The van der Waals surface area contributed by atoms with Crippen molar-refractivity contribution in [3.05, 3.63) is 122 Å². The Balaban J connectivity index is 1.47. The number of carboxylic acid groups (broad SMARTS) is 1. The predicted octanol–water partition coefficient (Wildman–Crippen LogP) is 7.20. The molecule has 0 bridgehead atoms. The molecule has 0 spiro atoms. The van der Waals surface area contributed by atoms with Gasteiger partial charge in [0.05, 0.1) is 16.1 Å². The zero-order valence-electron chi connectivity index (χ0n) is 24.0. The molecule has 0 radical (unpaired) electrons. The first kappa shape index (κ1) is 33.2. The topological polar surface area (TPSA) is 136 Å². The summed E-state index contributed by atoms with van der Waals surface area (Å²) in [5.41, 5.74) is 2.80. The van der Waals surface area contributed by atoms with Gasteiger partial charge in [-0.1, -0.05) is 77.0 Å². The SMILES string of the molecule is COC(=O)/C(Cc1cc(Br)c(O)c(Oc2ccc(C/C(=N\OCc3ccccc3)C(=O)O)cc2Br)c1)=N/OCc1ccccc1. The van der Waals surface area contributed by atoms with Crippen molar-refractivity contribution in [3.8, 4) is 17.2 Å². The summed E-state index contributed by atoms with van der Waals surface area (Å²) < 4.78 is 11.7. The van der Waals surface area contributed by atoms with Crippen LogP contribution in [0.15, 0.2) is 110 Å². The van der Waals surface area contributed by atoms with Gasteiger partial charge < -0.3 is 29.4 Å². The Morgan fingerprint density at radius 3 is 1.80 bits per heavy atom. The number of halogens is 2. The monoisotopic (exact) mass is 738 g/mol. The maximum atomic E-state index is 12.4. The van der Waals surface area contributed by atoms with Crippen LogP contribution in [0.1, 0.15) is 22.3 Å². The molecular weight excluding hydrogens is 712 g/mol. The van der Waals surface area contributed by atoms with Crippen LogP contribution >= 0.6 is 31.9 Å². The zero-order chi connectivity index (χ0) is 32.2. The van der Waals surface area contributed by atoms with Gasteiger partial charge in [0, 0.05) is 12.8 Å². The summed E-state index contributed by atoms with van der Waals surface area (Å²) in [4.78, 5) is 34.9. The first-order valence-corrected chi connectivity index (χ1v) is 15.1. The van der Waals surface area contributed by atoms with Crippen LogP contribution in [0.3, 0.4) is 0 Å². The molecule has 0 aromatic heterocycles. The number of carbonyl (C=O) groups excluding carboxylic acids is 1. The van der Waals surface area contributed by atoms with Gasteiger partial charge in [-0.2, -0.15) is 0 Å². The number of phenolic OH excluding ortho intramolecular Hbond substituents is 1. The lowest BCUT2D eigenvalue weighted by molar-refractivity contribution is -0.133. The van der Waals surface area contributed by atoms with Crippen LogP contribution in [0.25, 0.3) is 0 Å². The van der Waals surface area contributed by atoms with Crippen LogP contribution in [-0.2, 0) is 50.1 Å². The van der Waals surface area contributed by atoms with Crippen LogP contribution < -0.4 is 4.74 Å². The van der Waals surface area contributed by atoms with Crippen molar-refractivity contribution in [2.75, 3.05) is 7.11 Å². The minimum Gasteiger partial charge on any atom is -0.503 e. The Morgan fingerprint density at radius 2 is 1.24 bits per heavy atom. The molecular formula is C33H28Br2N2O8. The summed E-state index contributed by atoms with van der Waals surface area (Å²) in [5, 5.41) is 28.1. The van der Waals surface area contributed by atoms with E-state index in [1.165, 1.54) is 7.11 Å². The summed E-state index contributed by atoms with van der Waals surface area (Å²) in [6.07, 6.45) is 0.0255. The highest BCUT2D eigenvalue weighted by Crippen LogP contribution is 2.40. The molecule has 0 amide bonds. The van der Waals surface area contributed by atoms with Crippen LogP contribution in [0.5, 0.6) is 17.2 Å². The minimum absolute atomic E-state index is 0.00271. The van der Waals surface area contributed by atoms with Gasteiger partial charge >= 0.3 is 11.9 Å². The van der Waals surface area contributed by atoms with Crippen LogP contribution in [-0.4, -0.2) is 40.7 Å². The molecule has 0 aliphatic rings. The van der Waals surface area contributed by atoms with Crippen LogP contribution in [0, 0.1) is 0 Å². The lowest BCUT2D eigenvalue weighted by Crippen LogP contribution is -2.19. The second-order valence-electron chi connectivity index (χ2n) is 9.54. The Bertz CT molecular complexity index is 1700. The number of ether oxygens (including phenoxy) is 2. The number of carboxylic acids is 1. The van der Waals surface area contributed by atoms with Gasteiger partial charge in [-0.15, -0.1) is 0 Å². The van der Waals surface area contributed by atoms with E-state index in [2.05, 4.69) is 42.2 Å². The Labute approximate surface area is 276 Å². The molecule has 0 aliphatic carbocycles. The molecule has 2 N–H and O–H groups in total. The smallest absolute Gasteiger partial charge is 0.356 e. The minimum atomic E-state index is -1.20. The molecule has 0 saturated carbocycles. The third-order valence-electron chi connectivity index (χ3n) is 6.21. The normalized spacial score (nSPS) is 11.5. The molecule has 4 aromatic carbocycles. The lowest BCUT2D eigenvalue weighted by Gasteiger charge is -2.14. The molecule has 0 heterocycles. The number of nitrogens with zero attached hydrogens (tertiary/aromatic N) is 2. The van der Waals surface area contributed by atoms with Crippen molar-refractivity contribution in [3.63, 3.8) is 0 Å². The summed E-state index contributed by atoms with van der Waals surface area (Å²) in [5.74, 6) is -1.58. The molecule has 4 aromatic rings. The van der Waals surface area contributed by atoms with Crippen molar-refractivity contribution in [1.29, 1.82) is 0 Å². The molecule has 45 heavy (non-hydrogen) atoms. The molecule has 12 heteroatoms. The summed E-state index contributed by atoms with van der Waals surface area (Å²) in [6, 6.07) is 26.8. The van der Waals surface area contributed by atoms with E-state index < -0.39 is 11.9 Å². The van der Waals surface area contributed by atoms with Crippen molar-refractivity contribution >= 4 is 55.2 Å². The first-order chi connectivity index (χ1) is 21.7. The number of oxime groups is 2. The Kier molecular flexibility index (Phi) is 12.1. The van der Waals surface area contributed by atoms with Crippen LogP contribution in [0.4, 0.5) is 0 Å². The molecule has 0 aliphatic heterocycles. The number of esters is 1. The Morgan fingerprint density at radius 1 is 0.689 bits per heavy atom. The molecule has 4 rings (SSSR count). The van der Waals surface area contributed by atoms with Crippen molar-refractivity contribution < 1.29 is 39.0 Å². The van der Waals surface area contributed by atoms with E-state index >= 15 is 0 Å². The number of methoxy groups -OCH3 is 1. The highest BCUT2D eigenvalue weighted by atomic mass is 79.9. The van der Waals surface area contributed by atoms with Gasteiger partial charge in [-0.3, -0.25) is 0 Å². The highest BCUT2D eigenvalue weighted by Gasteiger charge is 2.19. The van der Waals surface area contributed by atoms with E-state index in [0.717, 1.165) is 11.1 Å². The summed E-state index contributed by atoms with van der Waals surface area (Å²) in [6.45, 7) is 0.305. The molecule has 232 valence electrons. The fourth-order valence-corrected chi connectivity index (χ4v) is 4.97. The standard InChI is InChI=1S/C33H28Br2N2O8/c1-42-33(41)28(37-44-20-22-10-6-3-7-11-22)17-24-15-26(35)31(38)30(18-24)45-29-13-12-23(14-25(29)34)16-27(32(39)40)36-43-19-21-8-4-2-5-9-21/h2-15,18,38H,16-17,19-20H2,1H3,(H,39,40)/b36-27+,37-28+. The number of rotatable bonds is 14. The number of phenols is 1. The van der Waals surface area contributed by atoms with Gasteiger partial charge in [0.2, 0.25) is 0 Å². The predicted molar refractivity (Wildman–Crippen MR) is 174 cm³/mol. The third-order valence-corrected chi connectivity index (χ3v) is 7.44. The fraction of sp³-hybridized carbons (Fsp3) is 0.152. The number of carbonyl (C=O) groups is 2. The number of aliphatic carboxylic acids is 1. The molecule has 10 nitrogen and oxygen atoms in total. The number of aromatic hydroxyl groups is 1. The fourth-order valence-electron chi connectivity index (χ4n) is 3.97. The van der Waals surface area contributed by atoms with Crippen molar-refractivity contribution in [1.82, 2.24) is 0 Å². The third kappa shape index (κ3) is 9.91. The van der Waals surface area contributed by atoms with E-state index in [0.29, 0.717) is 25.8 Å². The van der Waals surface area contributed by atoms with Gasteiger partial charge in [0.15, 0.2) is 22.9 Å². The van der Waals surface area contributed by atoms with E-state index in [1.807, 2.05) is 60.7 Å². The van der Waals surface area contributed by atoms with Crippen LogP contribution in [0.2, 0.25) is 0 Å². The molecule has 0 fully saturated rings. The first-order valence-electron chi connectivity index (χ1n) is 13.5. The van der Waals surface area contributed by atoms with Gasteiger partial charge in [0.1, 0.15) is 19.0 Å². The average Bonchev–Trinajstić information content (AvgIpc) is 3.04. The number of hydrogen-bond acceptors (Lipinski definition) is 9. The molecule has 0 atom stereocenters. The van der Waals surface area contributed by atoms with E-state index in [9.17, 15) is 19.8 Å². The highest BCUT2D eigenvalue weighted by molar-refractivity contribution is 9.11. The van der Waals surface area contributed by atoms with Gasteiger partial charge in [0.25, 0.3) is 0 Å². The lowest BCUT2D eigenvalue weighted by atomic mass is 10.1. The summed E-state index contributed by atoms with van der Waals surface area (Å²) in [7, 11) is 1.25. The van der Waals surface area contributed by atoms with Gasteiger partial charge in [-0.25, -0.2) is 9.59 Å². The van der Waals surface area contributed by atoms with E-state index in [-0.39, 0.29) is 49.0 Å². The van der Waals surface area contributed by atoms with Crippen molar-refractivity contribution in [2.45, 2.75) is 26.1 Å². The zero-order valence-corrected chi connectivity index (χ0v) is 27.2. The molecule has 0 unspecified atom stereocenters. The maximum Gasteiger partial charge on any atom is 0.356 e. The average molecular weight is 740 g/mol. The maximum absolute atomic E-state index is 12.4. The van der Waals surface area contributed by atoms with Gasteiger partial charge in [-0.05, 0) is 78.4 Å². The van der Waals surface area contributed by atoms with E-state index in [4.69, 9.17) is 19.1 Å². The second-order valence-corrected chi connectivity index (χ2v) is 11.2. The largest absolute Gasteiger partial charge is 0.503 e. The van der Waals surface area contributed by atoms with Crippen molar-refractivity contribution in [2.24, 2.45) is 10.3 Å². The quantitative estimate of drug-likeness (QED) is 0.0788.